The molecule has 0 aromatic heterocycles. The Kier molecular flexibility index (Phi) is 7.25. The lowest BCUT2D eigenvalue weighted by atomic mass is 10.2. The standard InChI is InChI=1S/C21H17BrClFN2O3S/c22-16-3-11-20(12-4-16)30(28,29)26(13-15-1-5-17(23)6-2-15)14-21(27)25-19-9-7-18(24)8-10-19/h1-12H,13-14H2,(H,25,27). The molecule has 0 saturated carbocycles. The van der Waals surface area contributed by atoms with Crippen LogP contribution in [-0.4, -0.2) is 25.2 Å². The quantitative estimate of drug-likeness (QED) is 0.482. The van der Waals surface area contributed by atoms with Crippen molar-refractivity contribution in [3.8, 4) is 0 Å². The van der Waals surface area contributed by atoms with E-state index in [-0.39, 0.29) is 11.4 Å². The maximum atomic E-state index is 13.2. The molecule has 0 aliphatic heterocycles. The van der Waals surface area contributed by atoms with Gasteiger partial charge in [-0.25, -0.2) is 12.8 Å². The molecule has 1 amide bonds. The van der Waals surface area contributed by atoms with Gasteiger partial charge in [-0.05, 0) is 66.2 Å². The third-order valence-electron chi connectivity index (χ3n) is 4.17. The highest BCUT2D eigenvalue weighted by molar-refractivity contribution is 9.10. The topological polar surface area (TPSA) is 66.5 Å². The van der Waals surface area contributed by atoms with E-state index < -0.39 is 28.3 Å². The van der Waals surface area contributed by atoms with Crippen LogP contribution in [0.3, 0.4) is 0 Å². The van der Waals surface area contributed by atoms with E-state index in [1.54, 1.807) is 36.4 Å². The lowest BCUT2D eigenvalue weighted by molar-refractivity contribution is -0.116. The summed E-state index contributed by atoms with van der Waals surface area (Å²) >= 11 is 9.19. The van der Waals surface area contributed by atoms with E-state index in [4.69, 9.17) is 11.6 Å². The van der Waals surface area contributed by atoms with Crippen molar-refractivity contribution in [2.24, 2.45) is 0 Å². The second-order valence-electron chi connectivity index (χ2n) is 6.41. The maximum absolute atomic E-state index is 13.2. The fraction of sp³-hybridized carbons (Fsp3) is 0.0952. The van der Waals surface area contributed by atoms with E-state index in [1.165, 1.54) is 36.4 Å². The minimum Gasteiger partial charge on any atom is -0.325 e. The van der Waals surface area contributed by atoms with Crippen LogP contribution in [0.5, 0.6) is 0 Å². The monoisotopic (exact) mass is 510 g/mol. The van der Waals surface area contributed by atoms with Gasteiger partial charge in [0.15, 0.2) is 0 Å². The summed E-state index contributed by atoms with van der Waals surface area (Å²) in [4.78, 5) is 12.6. The minimum atomic E-state index is -3.96. The summed E-state index contributed by atoms with van der Waals surface area (Å²) in [5.74, 6) is -0.980. The van der Waals surface area contributed by atoms with E-state index in [0.29, 0.717) is 16.3 Å². The molecular formula is C21H17BrClFN2O3S. The third-order valence-corrected chi connectivity index (χ3v) is 6.76. The van der Waals surface area contributed by atoms with Gasteiger partial charge in [0.25, 0.3) is 0 Å². The highest BCUT2D eigenvalue weighted by Gasteiger charge is 2.27. The first-order valence-corrected chi connectivity index (χ1v) is 11.4. The molecule has 30 heavy (non-hydrogen) atoms. The number of hydrogen-bond donors (Lipinski definition) is 1. The molecule has 0 radical (unpaired) electrons. The molecule has 0 atom stereocenters. The Morgan fingerprint density at radius 3 is 2.17 bits per heavy atom. The molecular weight excluding hydrogens is 495 g/mol. The predicted molar refractivity (Wildman–Crippen MR) is 118 cm³/mol. The van der Waals surface area contributed by atoms with Crippen molar-refractivity contribution in [2.45, 2.75) is 11.4 Å². The van der Waals surface area contributed by atoms with E-state index in [1.807, 2.05) is 0 Å². The van der Waals surface area contributed by atoms with Gasteiger partial charge in [-0.15, -0.1) is 0 Å². The Balaban J connectivity index is 1.86. The van der Waals surface area contributed by atoms with Gasteiger partial charge in [0.2, 0.25) is 15.9 Å². The van der Waals surface area contributed by atoms with Crippen LogP contribution < -0.4 is 5.32 Å². The van der Waals surface area contributed by atoms with Crippen LogP contribution in [0.25, 0.3) is 0 Å². The van der Waals surface area contributed by atoms with Gasteiger partial charge in [0.05, 0.1) is 11.4 Å². The SMILES string of the molecule is O=C(CN(Cc1ccc(Cl)cc1)S(=O)(=O)c1ccc(Br)cc1)Nc1ccc(F)cc1. The van der Waals surface area contributed by atoms with Crippen molar-refractivity contribution < 1.29 is 17.6 Å². The van der Waals surface area contributed by atoms with E-state index in [9.17, 15) is 17.6 Å². The number of carbonyl (C=O) groups excluding carboxylic acids is 1. The number of nitrogens with one attached hydrogen (secondary N) is 1. The highest BCUT2D eigenvalue weighted by Crippen LogP contribution is 2.22. The van der Waals surface area contributed by atoms with Crippen LogP contribution in [-0.2, 0) is 21.4 Å². The number of carbonyl (C=O) groups is 1. The van der Waals surface area contributed by atoms with Crippen LogP contribution in [0.4, 0.5) is 10.1 Å². The molecule has 0 unspecified atom stereocenters. The van der Waals surface area contributed by atoms with Crippen LogP contribution in [0.2, 0.25) is 5.02 Å². The molecule has 0 aliphatic rings. The third kappa shape index (κ3) is 5.89. The molecule has 9 heteroatoms. The molecule has 5 nitrogen and oxygen atoms in total. The maximum Gasteiger partial charge on any atom is 0.243 e. The molecule has 0 aliphatic carbocycles. The summed E-state index contributed by atoms with van der Waals surface area (Å²) in [5, 5.41) is 3.11. The Morgan fingerprint density at radius 1 is 0.967 bits per heavy atom. The summed E-state index contributed by atoms with van der Waals surface area (Å²) in [5.41, 5.74) is 1.04. The largest absolute Gasteiger partial charge is 0.325 e. The summed E-state index contributed by atoms with van der Waals surface area (Å²) in [6.07, 6.45) is 0. The van der Waals surface area contributed by atoms with Crippen LogP contribution >= 0.6 is 27.5 Å². The zero-order chi connectivity index (χ0) is 21.7. The number of sulfonamides is 1. The summed E-state index contributed by atoms with van der Waals surface area (Å²) in [7, 11) is -3.96. The molecule has 1 N–H and O–H groups in total. The highest BCUT2D eigenvalue weighted by atomic mass is 79.9. The van der Waals surface area contributed by atoms with Gasteiger partial charge < -0.3 is 5.32 Å². The zero-order valence-corrected chi connectivity index (χ0v) is 18.7. The van der Waals surface area contributed by atoms with Crippen LogP contribution in [0, 0.1) is 5.82 Å². The predicted octanol–water partition coefficient (Wildman–Crippen LogP) is 5.07. The van der Waals surface area contributed by atoms with Crippen LogP contribution in [0.15, 0.2) is 82.2 Å². The normalized spacial score (nSPS) is 11.5. The van der Waals surface area contributed by atoms with Crippen molar-refractivity contribution >= 4 is 49.1 Å². The van der Waals surface area contributed by atoms with Crippen molar-refractivity contribution in [3.63, 3.8) is 0 Å². The Morgan fingerprint density at radius 2 is 1.57 bits per heavy atom. The summed E-state index contributed by atoms with van der Waals surface area (Å²) in [6.45, 7) is -0.440. The number of anilines is 1. The Bertz CT molecular complexity index is 1120. The number of amides is 1. The molecule has 3 aromatic rings. The molecule has 0 bridgehead atoms. The van der Waals surface area contributed by atoms with Gasteiger partial charge in [0, 0.05) is 21.7 Å². The molecule has 0 heterocycles. The summed E-state index contributed by atoms with van der Waals surface area (Å²) < 4.78 is 41.3. The van der Waals surface area contributed by atoms with Crippen LogP contribution in [0.1, 0.15) is 5.56 Å². The van der Waals surface area contributed by atoms with E-state index >= 15 is 0 Å². The molecule has 3 rings (SSSR count). The Hall–Kier alpha value is -2.26. The molecule has 3 aromatic carbocycles. The number of rotatable bonds is 7. The average Bonchev–Trinajstić information content (AvgIpc) is 2.71. The second kappa shape index (κ2) is 9.70. The van der Waals surface area contributed by atoms with Crippen molar-refractivity contribution in [3.05, 3.63) is 93.7 Å². The lowest BCUT2D eigenvalue weighted by Crippen LogP contribution is -2.37. The van der Waals surface area contributed by atoms with Crippen molar-refractivity contribution in [1.82, 2.24) is 4.31 Å². The first-order chi connectivity index (χ1) is 14.2. The van der Waals surface area contributed by atoms with Crippen molar-refractivity contribution in [2.75, 3.05) is 11.9 Å². The van der Waals surface area contributed by atoms with E-state index in [2.05, 4.69) is 21.2 Å². The van der Waals surface area contributed by atoms with Gasteiger partial charge in [-0.3, -0.25) is 4.79 Å². The fourth-order valence-electron chi connectivity index (χ4n) is 2.67. The number of hydrogen-bond acceptors (Lipinski definition) is 3. The van der Waals surface area contributed by atoms with Crippen molar-refractivity contribution in [1.29, 1.82) is 0 Å². The average molecular weight is 512 g/mol. The minimum absolute atomic E-state index is 0.0214. The first kappa shape index (κ1) is 22.4. The second-order valence-corrected chi connectivity index (χ2v) is 9.70. The van der Waals surface area contributed by atoms with Gasteiger partial charge in [0.1, 0.15) is 5.82 Å². The number of nitrogens with zero attached hydrogens (tertiary/aromatic N) is 1. The number of halogens is 3. The first-order valence-electron chi connectivity index (χ1n) is 8.79. The lowest BCUT2D eigenvalue weighted by Gasteiger charge is -2.22. The van der Waals surface area contributed by atoms with Gasteiger partial charge in [-0.2, -0.15) is 4.31 Å². The fourth-order valence-corrected chi connectivity index (χ4v) is 4.44. The molecule has 0 spiro atoms. The van der Waals surface area contributed by atoms with Gasteiger partial charge >= 0.3 is 0 Å². The summed E-state index contributed by atoms with van der Waals surface area (Å²) in [6, 6.07) is 18.1. The number of benzene rings is 3. The van der Waals surface area contributed by atoms with E-state index in [0.717, 1.165) is 8.78 Å². The molecule has 0 fully saturated rings. The molecule has 156 valence electrons. The molecule has 0 saturated heterocycles. The van der Waals surface area contributed by atoms with Gasteiger partial charge in [-0.1, -0.05) is 39.7 Å². The smallest absolute Gasteiger partial charge is 0.243 e. The Labute approximate surface area is 187 Å². The zero-order valence-electron chi connectivity index (χ0n) is 15.6.